The van der Waals surface area contributed by atoms with Gasteiger partial charge in [-0.15, -0.1) is 0 Å². The lowest BCUT2D eigenvalue weighted by Crippen LogP contribution is -2.22. The van der Waals surface area contributed by atoms with E-state index in [-0.39, 0.29) is 5.41 Å². The summed E-state index contributed by atoms with van der Waals surface area (Å²) >= 11 is 2.45. The van der Waals surface area contributed by atoms with Gasteiger partial charge in [0.2, 0.25) is 0 Å². The van der Waals surface area contributed by atoms with E-state index in [1.807, 2.05) is 6.08 Å². The van der Waals surface area contributed by atoms with Crippen molar-refractivity contribution in [1.82, 2.24) is 0 Å². The zero-order chi connectivity index (χ0) is 12.6. The smallest absolute Gasteiger partial charge is 0.00190 e. The summed E-state index contributed by atoms with van der Waals surface area (Å²) in [5.74, 6) is 0.610. The fourth-order valence-corrected chi connectivity index (χ4v) is 3.63. The molecule has 0 nitrogen and oxygen atoms in total. The van der Waals surface area contributed by atoms with Crippen LogP contribution in [0.4, 0.5) is 0 Å². The largest absolute Gasteiger partial charge is 0.0987 e. The van der Waals surface area contributed by atoms with Gasteiger partial charge < -0.3 is 0 Å². The van der Waals surface area contributed by atoms with Crippen molar-refractivity contribution >= 4 is 22.6 Å². The van der Waals surface area contributed by atoms with Crippen molar-refractivity contribution < 1.29 is 0 Å². The third-order valence-electron chi connectivity index (χ3n) is 3.92. The second kappa shape index (κ2) is 4.60. The van der Waals surface area contributed by atoms with E-state index in [0.717, 1.165) is 6.42 Å². The molecule has 1 unspecified atom stereocenters. The van der Waals surface area contributed by atoms with Gasteiger partial charge in [-0.3, -0.25) is 0 Å². The molecule has 0 aromatic rings. The van der Waals surface area contributed by atoms with Crippen molar-refractivity contribution in [3.05, 3.63) is 57.3 Å². The van der Waals surface area contributed by atoms with Gasteiger partial charge in [-0.2, -0.15) is 0 Å². The Morgan fingerprint density at radius 3 is 2.71 bits per heavy atom. The Labute approximate surface area is 118 Å². The number of rotatable bonds is 2. The minimum absolute atomic E-state index is 0.201. The highest BCUT2D eigenvalue weighted by Crippen LogP contribution is 2.55. The van der Waals surface area contributed by atoms with Crippen molar-refractivity contribution in [2.45, 2.75) is 27.2 Å². The average molecular weight is 338 g/mol. The van der Waals surface area contributed by atoms with E-state index in [1.54, 1.807) is 0 Å². The molecule has 0 aromatic carbocycles. The van der Waals surface area contributed by atoms with Crippen LogP contribution in [0.1, 0.15) is 27.2 Å². The van der Waals surface area contributed by atoms with E-state index < -0.39 is 0 Å². The maximum atomic E-state index is 4.01. The molecular weight excluding hydrogens is 319 g/mol. The lowest BCUT2D eigenvalue weighted by atomic mass is 9.73. The topological polar surface area (TPSA) is 0 Å². The first kappa shape index (κ1) is 12.9. The molecule has 1 heteroatoms. The number of fused-ring (bicyclic) bond motifs is 1. The first-order valence-electron chi connectivity index (χ1n) is 6.09. The van der Waals surface area contributed by atoms with E-state index in [4.69, 9.17) is 0 Å². The Morgan fingerprint density at radius 1 is 1.41 bits per heavy atom. The summed E-state index contributed by atoms with van der Waals surface area (Å²) in [4.78, 5) is 0. The Bertz CT molecular complexity index is 470. The Hall–Kier alpha value is -0.570. The van der Waals surface area contributed by atoms with Gasteiger partial charge in [-0.1, -0.05) is 50.8 Å². The van der Waals surface area contributed by atoms with Gasteiger partial charge in [-0.25, -0.2) is 0 Å². The van der Waals surface area contributed by atoms with Gasteiger partial charge in [0.1, 0.15) is 0 Å². The molecule has 17 heavy (non-hydrogen) atoms. The second-order valence-corrected chi connectivity index (χ2v) is 6.63. The summed E-state index contributed by atoms with van der Waals surface area (Å²) in [6, 6.07) is 0. The van der Waals surface area contributed by atoms with E-state index in [0.29, 0.717) is 5.92 Å². The second-order valence-electron chi connectivity index (χ2n) is 5.25. The fourth-order valence-electron chi connectivity index (χ4n) is 3.01. The summed E-state index contributed by atoms with van der Waals surface area (Å²) in [5, 5.41) is 0. The number of halogens is 1. The van der Waals surface area contributed by atoms with Crippen LogP contribution in [-0.2, 0) is 0 Å². The van der Waals surface area contributed by atoms with Crippen LogP contribution in [0.3, 0.4) is 0 Å². The third-order valence-corrected chi connectivity index (χ3v) is 4.72. The first-order valence-corrected chi connectivity index (χ1v) is 7.16. The zero-order valence-electron chi connectivity index (χ0n) is 10.8. The predicted molar refractivity (Wildman–Crippen MR) is 84.1 cm³/mol. The zero-order valence-corrected chi connectivity index (χ0v) is 12.9. The Kier molecular flexibility index (Phi) is 3.48. The minimum Gasteiger partial charge on any atom is -0.0987 e. The van der Waals surface area contributed by atoms with Gasteiger partial charge in [0.05, 0.1) is 0 Å². The lowest BCUT2D eigenvalue weighted by molar-refractivity contribution is 0.335. The number of hydrogen-bond acceptors (Lipinski definition) is 0. The van der Waals surface area contributed by atoms with Crippen LogP contribution >= 0.6 is 22.6 Å². The summed E-state index contributed by atoms with van der Waals surface area (Å²) in [7, 11) is 0. The van der Waals surface area contributed by atoms with Crippen molar-refractivity contribution in [3.8, 4) is 0 Å². The van der Waals surface area contributed by atoms with Gasteiger partial charge in [0.25, 0.3) is 0 Å². The molecule has 0 bridgehead atoms. The molecule has 0 radical (unpaired) electrons. The molecule has 2 rings (SSSR count). The summed E-state index contributed by atoms with van der Waals surface area (Å²) in [6.07, 6.45) is 12.1. The normalized spacial score (nSPS) is 26.9. The molecule has 2 aliphatic rings. The van der Waals surface area contributed by atoms with E-state index in [1.165, 1.54) is 20.3 Å². The average Bonchev–Trinajstić information content (AvgIpc) is 2.48. The van der Waals surface area contributed by atoms with Crippen LogP contribution in [0.15, 0.2) is 57.3 Å². The summed E-state index contributed by atoms with van der Waals surface area (Å²) < 4.78 is 1.45. The molecule has 0 N–H and O–H groups in total. The molecule has 0 amide bonds. The molecule has 90 valence electrons. The SMILES string of the molecule is C=CC1=C(/C=C\C)C2=CC=C(I)CC2C1(C)C. The van der Waals surface area contributed by atoms with Crippen molar-refractivity contribution in [2.24, 2.45) is 11.3 Å². The van der Waals surface area contributed by atoms with Crippen LogP contribution in [-0.4, -0.2) is 0 Å². The highest BCUT2D eigenvalue weighted by Gasteiger charge is 2.43. The summed E-state index contributed by atoms with van der Waals surface area (Å²) in [5.41, 5.74) is 4.47. The van der Waals surface area contributed by atoms with Crippen LogP contribution in [0.5, 0.6) is 0 Å². The van der Waals surface area contributed by atoms with Crippen LogP contribution in [0, 0.1) is 11.3 Å². The van der Waals surface area contributed by atoms with E-state index in [9.17, 15) is 0 Å². The van der Waals surface area contributed by atoms with Crippen molar-refractivity contribution in [3.63, 3.8) is 0 Å². The maximum Gasteiger partial charge on any atom is -0.00190 e. The minimum atomic E-state index is 0.201. The van der Waals surface area contributed by atoms with Gasteiger partial charge in [0.15, 0.2) is 0 Å². The molecule has 0 aliphatic heterocycles. The highest BCUT2D eigenvalue weighted by atomic mass is 127. The molecule has 0 fully saturated rings. The predicted octanol–water partition coefficient (Wildman–Crippen LogP) is 5.35. The standard InChI is InChI=1S/C16H19I/c1-5-7-12-13-9-8-11(17)10-15(13)16(3,4)14(12)6-2/h5-9,15H,2,10H2,1,3-4H3/b7-5-. The molecule has 0 saturated carbocycles. The van der Waals surface area contributed by atoms with Crippen molar-refractivity contribution in [1.29, 1.82) is 0 Å². The third kappa shape index (κ3) is 1.99. The quantitative estimate of drug-likeness (QED) is 0.596. The first-order chi connectivity index (χ1) is 8.02. The van der Waals surface area contributed by atoms with Gasteiger partial charge in [-0.05, 0) is 67.6 Å². The van der Waals surface area contributed by atoms with Crippen LogP contribution < -0.4 is 0 Å². The van der Waals surface area contributed by atoms with Gasteiger partial charge >= 0.3 is 0 Å². The van der Waals surface area contributed by atoms with E-state index >= 15 is 0 Å². The number of hydrogen-bond donors (Lipinski definition) is 0. The van der Waals surface area contributed by atoms with Gasteiger partial charge in [0, 0.05) is 0 Å². The van der Waals surface area contributed by atoms with Crippen LogP contribution in [0.25, 0.3) is 0 Å². The maximum absolute atomic E-state index is 4.01. The lowest BCUT2D eigenvalue weighted by Gasteiger charge is -2.31. The molecule has 0 aromatic heterocycles. The number of allylic oxidation sites excluding steroid dienone is 9. The molecule has 0 spiro atoms. The molecule has 2 aliphatic carbocycles. The summed E-state index contributed by atoms with van der Waals surface area (Å²) in [6.45, 7) is 10.8. The highest BCUT2D eigenvalue weighted by molar-refractivity contribution is 14.1. The Balaban J connectivity index is 2.61. The van der Waals surface area contributed by atoms with E-state index in [2.05, 4.69) is 74.2 Å². The molecule has 0 heterocycles. The molecular formula is C16H19I. The van der Waals surface area contributed by atoms with Crippen molar-refractivity contribution in [2.75, 3.05) is 0 Å². The molecule has 1 atom stereocenters. The Morgan fingerprint density at radius 2 is 2.12 bits per heavy atom. The fraction of sp³-hybridized carbons (Fsp3) is 0.375. The molecule has 0 saturated heterocycles. The monoisotopic (exact) mass is 338 g/mol. The van der Waals surface area contributed by atoms with Crippen LogP contribution in [0.2, 0.25) is 0 Å².